The van der Waals surface area contributed by atoms with Gasteiger partial charge in [0.05, 0.1) is 12.2 Å². The van der Waals surface area contributed by atoms with Crippen molar-refractivity contribution in [1.82, 2.24) is 19.9 Å². The Labute approximate surface area is 146 Å². The quantitative estimate of drug-likeness (QED) is 0.857. The third kappa shape index (κ3) is 2.62. The Hall–Kier alpha value is -1.53. The molecule has 0 aromatic carbocycles. The van der Waals surface area contributed by atoms with Gasteiger partial charge >= 0.3 is 0 Å². The van der Waals surface area contributed by atoms with Crippen LogP contribution in [-0.2, 0) is 19.4 Å². The van der Waals surface area contributed by atoms with Crippen LogP contribution in [0.2, 0.25) is 0 Å². The molecule has 2 aliphatic heterocycles. The van der Waals surface area contributed by atoms with Gasteiger partial charge in [0.2, 0.25) is 0 Å². The highest BCUT2D eigenvalue weighted by Crippen LogP contribution is 2.35. The Morgan fingerprint density at radius 3 is 2.71 bits per heavy atom. The SMILES string of the molecule is Cc1cc(N2CC3CN(Cc4nc5c(s4)CCC5)CC3C2)ncn1. The van der Waals surface area contributed by atoms with Crippen molar-refractivity contribution in [3.05, 3.63) is 33.7 Å². The van der Waals surface area contributed by atoms with E-state index in [-0.39, 0.29) is 0 Å². The highest BCUT2D eigenvalue weighted by molar-refractivity contribution is 7.11. The van der Waals surface area contributed by atoms with E-state index in [0.29, 0.717) is 0 Å². The highest BCUT2D eigenvalue weighted by Gasteiger charge is 2.40. The first kappa shape index (κ1) is 14.8. The van der Waals surface area contributed by atoms with Crippen LogP contribution >= 0.6 is 11.3 Å². The number of aromatic nitrogens is 3. The largest absolute Gasteiger partial charge is 0.356 e. The number of hydrogen-bond donors (Lipinski definition) is 0. The zero-order valence-corrected chi connectivity index (χ0v) is 14.9. The van der Waals surface area contributed by atoms with Gasteiger partial charge in [0, 0.05) is 42.8 Å². The maximum absolute atomic E-state index is 4.87. The molecule has 6 heteroatoms. The fraction of sp³-hybridized carbons (Fsp3) is 0.611. The topological polar surface area (TPSA) is 45.2 Å². The molecule has 2 atom stereocenters. The van der Waals surface area contributed by atoms with Crippen LogP contribution in [0.1, 0.15) is 27.7 Å². The summed E-state index contributed by atoms with van der Waals surface area (Å²) in [4.78, 5) is 20.1. The third-order valence-corrected chi connectivity index (χ3v) is 6.82. The summed E-state index contributed by atoms with van der Waals surface area (Å²) >= 11 is 1.96. The van der Waals surface area contributed by atoms with Crippen LogP contribution < -0.4 is 4.90 Å². The second kappa shape index (κ2) is 5.77. The van der Waals surface area contributed by atoms with Crippen molar-refractivity contribution in [3.63, 3.8) is 0 Å². The summed E-state index contributed by atoms with van der Waals surface area (Å²) in [5.74, 6) is 2.64. The lowest BCUT2D eigenvalue weighted by Gasteiger charge is -2.21. The number of nitrogens with zero attached hydrogens (tertiary/aromatic N) is 5. The summed E-state index contributed by atoms with van der Waals surface area (Å²) in [5.41, 5.74) is 2.44. The predicted octanol–water partition coefficient (Wildman–Crippen LogP) is 2.30. The molecule has 2 aromatic heterocycles. The van der Waals surface area contributed by atoms with Gasteiger partial charge in [-0.2, -0.15) is 0 Å². The van der Waals surface area contributed by atoms with Crippen molar-refractivity contribution in [2.75, 3.05) is 31.1 Å². The first-order valence-corrected chi connectivity index (χ1v) is 9.79. The number of anilines is 1. The van der Waals surface area contributed by atoms with Crippen LogP contribution in [0.3, 0.4) is 0 Å². The van der Waals surface area contributed by atoms with Crippen molar-refractivity contribution >= 4 is 17.2 Å². The molecule has 5 rings (SSSR count). The molecule has 2 fully saturated rings. The number of likely N-dealkylation sites (tertiary alicyclic amines) is 1. The number of fused-ring (bicyclic) bond motifs is 2. The molecule has 2 aromatic rings. The van der Waals surface area contributed by atoms with Gasteiger partial charge in [-0.25, -0.2) is 15.0 Å². The minimum atomic E-state index is 0.770. The maximum Gasteiger partial charge on any atom is 0.132 e. The first-order valence-electron chi connectivity index (χ1n) is 8.98. The van der Waals surface area contributed by atoms with Crippen molar-refractivity contribution in [1.29, 1.82) is 0 Å². The Morgan fingerprint density at radius 1 is 1.12 bits per heavy atom. The van der Waals surface area contributed by atoms with Gasteiger partial charge in [-0.1, -0.05) is 0 Å². The zero-order valence-electron chi connectivity index (χ0n) is 14.1. The highest BCUT2D eigenvalue weighted by atomic mass is 32.1. The lowest BCUT2D eigenvalue weighted by molar-refractivity contribution is 0.308. The summed E-state index contributed by atoms with van der Waals surface area (Å²) in [5, 5.41) is 1.34. The van der Waals surface area contributed by atoms with Crippen LogP contribution in [-0.4, -0.2) is 46.0 Å². The van der Waals surface area contributed by atoms with Gasteiger partial charge in [-0.05, 0) is 38.0 Å². The van der Waals surface area contributed by atoms with Crippen molar-refractivity contribution in [2.24, 2.45) is 11.8 Å². The van der Waals surface area contributed by atoms with Gasteiger partial charge in [0.25, 0.3) is 0 Å². The minimum Gasteiger partial charge on any atom is -0.356 e. The summed E-state index contributed by atoms with van der Waals surface area (Å²) in [7, 11) is 0. The summed E-state index contributed by atoms with van der Waals surface area (Å²) in [6, 6.07) is 2.11. The van der Waals surface area contributed by atoms with E-state index in [9.17, 15) is 0 Å². The van der Waals surface area contributed by atoms with Crippen LogP contribution in [0.4, 0.5) is 5.82 Å². The second-order valence-corrected chi connectivity index (χ2v) is 8.64. The van der Waals surface area contributed by atoms with E-state index in [4.69, 9.17) is 4.98 Å². The third-order valence-electron chi connectivity index (χ3n) is 5.67. The molecule has 0 spiro atoms. The van der Waals surface area contributed by atoms with Crippen molar-refractivity contribution in [2.45, 2.75) is 32.7 Å². The monoisotopic (exact) mass is 341 g/mol. The molecule has 0 bridgehead atoms. The van der Waals surface area contributed by atoms with Gasteiger partial charge < -0.3 is 4.90 Å². The average molecular weight is 341 g/mol. The normalized spacial score (nSPS) is 26.1. The van der Waals surface area contributed by atoms with Gasteiger partial charge in [0.15, 0.2) is 0 Å². The fourth-order valence-corrected chi connectivity index (χ4v) is 5.72. The van der Waals surface area contributed by atoms with E-state index in [2.05, 4.69) is 25.8 Å². The Morgan fingerprint density at radius 2 is 1.96 bits per heavy atom. The van der Waals surface area contributed by atoms with Crippen molar-refractivity contribution in [3.8, 4) is 0 Å². The molecule has 126 valence electrons. The summed E-state index contributed by atoms with van der Waals surface area (Å²) in [6.07, 6.45) is 5.45. The Bertz CT molecular complexity index is 722. The summed E-state index contributed by atoms with van der Waals surface area (Å²) < 4.78 is 0. The zero-order chi connectivity index (χ0) is 16.1. The standard InChI is InChI=1S/C18H23N5S/c1-12-5-17(20-11-19-12)23-8-13-6-22(7-14(13)9-23)10-18-21-15-3-2-4-16(15)24-18/h5,11,13-14H,2-4,6-10H2,1H3. The predicted molar refractivity (Wildman–Crippen MR) is 95.4 cm³/mol. The molecule has 1 aliphatic carbocycles. The smallest absolute Gasteiger partial charge is 0.132 e. The van der Waals surface area contributed by atoms with Gasteiger partial charge in [-0.3, -0.25) is 4.90 Å². The van der Waals surface area contributed by atoms with E-state index in [0.717, 1.165) is 43.0 Å². The molecule has 0 radical (unpaired) electrons. The number of thiazole rings is 1. The Balaban J connectivity index is 1.22. The first-order chi connectivity index (χ1) is 11.7. The van der Waals surface area contributed by atoms with Crippen molar-refractivity contribution < 1.29 is 0 Å². The van der Waals surface area contributed by atoms with E-state index in [1.54, 1.807) is 11.2 Å². The number of hydrogen-bond acceptors (Lipinski definition) is 6. The summed E-state index contributed by atoms with van der Waals surface area (Å²) in [6.45, 7) is 7.76. The molecule has 24 heavy (non-hydrogen) atoms. The van der Waals surface area contributed by atoms with Crippen LogP contribution in [0, 0.1) is 18.8 Å². The van der Waals surface area contributed by atoms with Crippen LogP contribution in [0.15, 0.2) is 12.4 Å². The molecule has 2 saturated heterocycles. The molecule has 4 heterocycles. The van der Waals surface area contributed by atoms with Gasteiger partial charge in [-0.15, -0.1) is 11.3 Å². The molecular formula is C18H23N5S. The van der Waals surface area contributed by atoms with E-state index >= 15 is 0 Å². The molecule has 0 N–H and O–H groups in total. The van der Waals surface area contributed by atoms with Crippen LogP contribution in [0.25, 0.3) is 0 Å². The molecule has 0 amide bonds. The average Bonchev–Trinajstić information content (AvgIpc) is 3.26. The minimum absolute atomic E-state index is 0.770. The molecule has 5 nitrogen and oxygen atoms in total. The number of aryl methyl sites for hydroxylation is 3. The van der Waals surface area contributed by atoms with Crippen LogP contribution in [0.5, 0.6) is 0 Å². The van der Waals surface area contributed by atoms with E-state index in [1.165, 1.54) is 43.1 Å². The molecular weight excluding hydrogens is 318 g/mol. The molecule has 0 saturated carbocycles. The maximum atomic E-state index is 4.87. The number of rotatable bonds is 3. The molecule has 3 aliphatic rings. The second-order valence-electron chi connectivity index (χ2n) is 7.47. The molecule has 2 unspecified atom stereocenters. The van der Waals surface area contributed by atoms with Gasteiger partial charge in [0.1, 0.15) is 17.2 Å². The Kier molecular flexibility index (Phi) is 3.56. The lowest BCUT2D eigenvalue weighted by Crippen LogP contribution is -2.29. The van der Waals surface area contributed by atoms with E-state index in [1.807, 2.05) is 18.3 Å². The van der Waals surface area contributed by atoms with E-state index < -0.39 is 0 Å². The fourth-order valence-electron chi connectivity index (χ4n) is 4.52. The lowest BCUT2D eigenvalue weighted by atomic mass is 10.0.